The molecule has 1 amide bonds. The number of hydrogen-bond acceptors (Lipinski definition) is 3. The van der Waals surface area contributed by atoms with E-state index in [1.807, 2.05) is 6.07 Å². The maximum Gasteiger partial charge on any atom is 0.235 e. The predicted octanol–water partition coefficient (Wildman–Crippen LogP) is 3.85. The minimum atomic E-state index is -0.423. The van der Waals surface area contributed by atoms with Crippen LogP contribution in [0.5, 0.6) is 5.88 Å². The van der Waals surface area contributed by atoms with Gasteiger partial charge in [-0.05, 0) is 31.4 Å². The van der Waals surface area contributed by atoms with Crippen LogP contribution in [-0.4, -0.2) is 18.0 Å². The fourth-order valence-electron chi connectivity index (χ4n) is 3.32. The summed E-state index contributed by atoms with van der Waals surface area (Å²) in [6.07, 6.45) is 5.59. The van der Waals surface area contributed by atoms with E-state index in [-0.39, 0.29) is 5.91 Å². The number of carbonyl (C=O) groups is 1. The molecule has 3 rings (SSSR count). The van der Waals surface area contributed by atoms with Crippen molar-refractivity contribution in [3.63, 3.8) is 0 Å². The van der Waals surface area contributed by atoms with Gasteiger partial charge in [-0.3, -0.25) is 4.79 Å². The number of benzene rings is 1. The molecule has 2 aromatic rings. The molecule has 4 nitrogen and oxygen atoms in total. The van der Waals surface area contributed by atoms with E-state index in [1.54, 1.807) is 19.4 Å². The molecule has 23 heavy (non-hydrogen) atoms. The molecule has 1 aliphatic carbocycles. The van der Waals surface area contributed by atoms with Crippen molar-refractivity contribution >= 4 is 11.6 Å². The van der Waals surface area contributed by atoms with Crippen molar-refractivity contribution in [1.82, 2.24) is 4.98 Å². The first-order valence-corrected chi connectivity index (χ1v) is 8.03. The second-order valence-corrected chi connectivity index (χ2v) is 6.20. The number of anilines is 1. The highest BCUT2D eigenvalue weighted by Crippen LogP contribution is 2.42. The molecule has 0 aliphatic heterocycles. The van der Waals surface area contributed by atoms with Gasteiger partial charge in [0.05, 0.1) is 24.4 Å². The molecular weight excluding hydrogens is 288 g/mol. The highest BCUT2D eigenvalue weighted by Gasteiger charge is 2.42. The van der Waals surface area contributed by atoms with Crippen LogP contribution in [0.3, 0.4) is 0 Å². The van der Waals surface area contributed by atoms with Crippen molar-refractivity contribution in [2.45, 2.75) is 38.0 Å². The van der Waals surface area contributed by atoms with Crippen LogP contribution >= 0.6 is 0 Å². The summed E-state index contributed by atoms with van der Waals surface area (Å²) in [4.78, 5) is 17.2. The second kappa shape index (κ2) is 6.41. The monoisotopic (exact) mass is 310 g/mol. The van der Waals surface area contributed by atoms with Crippen LogP contribution in [0.1, 0.15) is 36.8 Å². The topological polar surface area (TPSA) is 51.2 Å². The van der Waals surface area contributed by atoms with Gasteiger partial charge in [0.2, 0.25) is 11.8 Å². The molecule has 1 aromatic carbocycles. The van der Waals surface area contributed by atoms with E-state index in [4.69, 9.17) is 4.74 Å². The zero-order valence-corrected chi connectivity index (χ0v) is 13.6. The Balaban J connectivity index is 1.85. The van der Waals surface area contributed by atoms with E-state index in [2.05, 4.69) is 41.5 Å². The first-order valence-electron chi connectivity index (χ1n) is 8.03. The van der Waals surface area contributed by atoms with Crippen LogP contribution in [0.2, 0.25) is 0 Å². The average Bonchev–Trinajstić information content (AvgIpc) is 3.07. The van der Waals surface area contributed by atoms with Crippen molar-refractivity contribution in [2.75, 3.05) is 12.4 Å². The van der Waals surface area contributed by atoms with E-state index < -0.39 is 5.41 Å². The Bertz CT molecular complexity index is 672. The lowest BCUT2D eigenvalue weighted by Gasteiger charge is -2.28. The summed E-state index contributed by atoms with van der Waals surface area (Å²) >= 11 is 0. The summed E-state index contributed by atoms with van der Waals surface area (Å²) in [6.45, 7) is 2.06. The molecule has 1 N–H and O–H groups in total. The Morgan fingerprint density at radius 2 is 1.83 bits per heavy atom. The van der Waals surface area contributed by atoms with Gasteiger partial charge >= 0.3 is 0 Å². The Morgan fingerprint density at radius 3 is 2.39 bits per heavy atom. The Morgan fingerprint density at radius 1 is 1.13 bits per heavy atom. The van der Waals surface area contributed by atoms with Crippen LogP contribution in [0.25, 0.3) is 0 Å². The van der Waals surface area contributed by atoms with Gasteiger partial charge in [-0.1, -0.05) is 42.7 Å². The van der Waals surface area contributed by atoms with Crippen molar-refractivity contribution in [3.05, 3.63) is 53.7 Å². The largest absolute Gasteiger partial charge is 0.481 e. The fraction of sp³-hybridized carbons (Fsp3) is 0.368. The summed E-state index contributed by atoms with van der Waals surface area (Å²) in [5.41, 5.74) is 2.60. The molecule has 1 aliphatic rings. The number of pyridine rings is 1. The Kier molecular flexibility index (Phi) is 4.33. The predicted molar refractivity (Wildman–Crippen MR) is 90.7 cm³/mol. The SMILES string of the molecule is COc1ccc(NC(=O)C2(c3ccc(C)cc3)CCCC2)cn1. The number of carbonyl (C=O) groups excluding carboxylic acids is 1. The first kappa shape index (κ1) is 15.5. The molecule has 120 valence electrons. The quantitative estimate of drug-likeness (QED) is 0.933. The van der Waals surface area contributed by atoms with Gasteiger partial charge in [0.15, 0.2) is 0 Å². The smallest absolute Gasteiger partial charge is 0.235 e. The minimum absolute atomic E-state index is 0.0609. The van der Waals surface area contributed by atoms with Crippen LogP contribution in [0, 0.1) is 6.92 Å². The maximum atomic E-state index is 13.0. The van der Waals surface area contributed by atoms with E-state index in [0.717, 1.165) is 31.2 Å². The Labute approximate surface area is 136 Å². The lowest BCUT2D eigenvalue weighted by Crippen LogP contribution is -2.38. The van der Waals surface area contributed by atoms with E-state index in [1.165, 1.54) is 5.56 Å². The third-order valence-corrected chi connectivity index (χ3v) is 4.70. The number of methoxy groups -OCH3 is 1. The third-order valence-electron chi connectivity index (χ3n) is 4.70. The summed E-state index contributed by atoms with van der Waals surface area (Å²) < 4.78 is 5.05. The fourth-order valence-corrected chi connectivity index (χ4v) is 3.32. The lowest BCUT2D eigenvalue weighted by atomic mass is 9.77. The minimum Gasteiger partial charge on any atom is -0.481 e. The molecule has 1 fully saturated rings. The molecule has 0 spiro atoms. The number of ether oxygens (including phenoxy) is 1. The lowest BCUT2D eigenvalue weighted by molar-refractivity contribution is -0.121. The highest BCUT2D eigenvalue weighted by atomic mass is 16.5. The van der Waals surface area contributed by atoms with E-state index in [0.29, 0.717) is 11.6 Å². The van der Waals surface area contributed by atoms with Crippen LogP contribution in [0.15, 0.2) is 42.6 Å². The van der Waals surface area contributed by atoms with Gasteiger partial charge < -0.3 is 10.1 Å². The molecule has 0 unspecified atom stereocenters. The zero-order chi connectivity index (χ0) is 16.3. The van der Waals surface area contributed by atoms with Gasteiger partial charge in [-0.2, -0.15) is 0 Å². The maximum absolute atomic E-state index is 13.0. The van der Waals surface area contributed by atoms with Crippen LogP contribution in [-0.2, 0) is 10.2 Å². The van der Waals surface area contributed by atoms with Crippen molar-refractivity contribution in [3.8, 4) is 5.88 Å². The van der Waals surface area contributed by atoms with Crippen LogP contribution in [0.4, 0.5) is 5.69 Å². The molecule has 1 aromatic heterocycles. The van der Waals surface area contributed by atoms with Gasteiger partial charge in [0, 0.05) is 6.07 Å². The number of hydrogen-bond donors (Lipinski definition) is 1. The molecule has 4 heteroatoms. The number of nitrogens with zero attached hydrogens (tertiary/aromatic N) is 1. The van der Waals surface area contributed by atoms with Gasteiger partial charge in [-0.25, -0.2) is 4.98 Å². The standard InChI is InChI=1S/C19H22N2O2/c1-14-5-7-15(8-6-14)19(11-3-4-12-19)18(22)21-16-9-10-17(23-2)20-13-16/h5-10,13H,3-4,11-12H2,1-2H3,(H,21,22). The van der Waals surface area contributed by atoms with Crippen LogP contribution < -0.4 is 10.1 Å². The first-order chi connectivity index (χ1) is 11.1. The van der Waals surface area contributed by atoms with Crippen molar-refractivity contribution in [1.29, 1.82) is 0 Å². The second-order valence-electron chi connectivity index (χ2n) is 6.20. The molecule has 0 radical (unpaired) electrons. The molecular formula is C19H22N2O2. The average molecular weight is 310 g/mol. The van der Waals surface area contributed by atoms with Crippen molar-refractivity contribution in [2.24, 2.45) is 0 Å². The summed E-state index contributed by atoms with van der Waals surface area (Å²) in [6, 6.07) is 11.9. The molecule has 0 bridgehead atoms. The normalized spacial score (nSPS) is 16.1. The highest BCUT2D eigenvalue weighted by molar-refractivity contribution is 5.99. The number of aromatic nitrogens is 1. The third kappa shape index (κ3) is 3.07. The number of amides is 1. The van der Waals surface area contributed by atoms with Gasteiger partial charge in [-0.15, -0.1) is 0 Å². The van der Waals surface area contributed by atoms with Gasteiger partial charge in [0.1, 0.15) is 0 Å². The molecule has 0 saturated heterocycles. The molecule has 0 atom stereocenters. The number of nitrogens with one attached hydrogen (secondary N) is 1. The Hall–Kier alpha value is -2.36. The zero-order valence-electron chi connectivity index (χ0n) is 13.6. The summed E-state index contributed by atoms with van der Waals surface area (Å²) in [7, 11) is 1.57. The number of aryl methyl sites for hydroxylation is 1. The summed E-state index contributed by atoms with van der Waals surface area (Å²) in [5.74, 6) is 0.600. The van der Waals surface area contributed by atoms with E-state index in [9.17, 15) is 4.79 Å². The van der Waals surface area contributed by atoms with Crippen molar-refractivity contribution < 1.29 is 9.53 Å². The van der Waals surface area contributed by atoms with E-state index >= 15 is 0 Å². The summed E-state index contributed by atoms with van der Waals surface area (Å²) in [5, 5.41) is 3.03. The van der Waals surface area contributed by atoms with Gasteiger partial charge in [0.25, 0.3) is 0 Å². The molecule has 1 heterocycles. The molecule has 1 saturated carbocycles. The number of rotatable bonds is 4.